The van der Waals surface area contributed by atoms with E-state index in [0.29, 0.717) is 5.37 Å². The number of hydrogen-bond donors (Lipinski definition) is 3. The van der Waals surface area contributed by atoms with E-state index < -0.39 is 6.35 Å². The summed E-state index contributed by atoms with van der Waals surface area (Å²) < 4.78 is 0. The smallest absolute Gasteiger partial charge is 0.183 e. The van der Waals surface area contributed by atoms with Gasteiger partial charge in [-0.3, -0.25) is 5.32 Å². The molecule has 92 valence electrons. The molecule has 1 heterocycles. The predicted octanol–water partition coefficient (Wildman–Crippen LogP) is 0.356. The van der Waals surface area contributed by atoms with Gasteiger partial charge >= 0.3 is 0 Å². The Labute approximate surface area is 101 Å². The van der Waals surface area contributed by atoms with Crippen molar-refractivity contribution >= 4 is 18.5 Å². The number of aliphatic hydroxyl groups excluding tert-OH is 1. The molecule has 0 radical (unpaired) electrons. The molecule has 16 heavy (non-hydrogen) atoms. The van der Waals surface area contributed by atoms with Crippen LogP contribution in [0.1, 0.15) is 13.3 Å². The van der Waals surface area contributed by atoms with Crippen LogP contribution in [0.25, 0.3) is 0 Å². The second-order valence-corrected chi connectivity index (χ2v) is 4.88. The van der Waals surface area contributed by atoms with Crippen LogP contribution >= 0.6 is 11.8 Å². The topological polar surface area (TPSA) is 59.9 Å². The monoisotopic (exact) mass is 244 g/mol. The molecule has 5 nitrogen and oxygen atoms in total. The summed E-state index contributed by atoms with van der Waals surface area (Å²) in [6.45, 7) is 6.25. The molecule has 0 aromatic carbocycles. The van der Waals surface area contributed by atoms with Crippen LogP contribution in [0.2, 0.25) is 0 Å². The van der Waals surface area contributed by atoms with E-state index >= 15 is 0 Å². The van der Waals surface area contributed by atoms with E-state index in [1.165, 1.54) is 0 Å². The molecule has 2 atom stereocenters. The number of nitrogens with zero attached hydrogens (tertiary/aromatic N) is 2. The molecule has 0 bridgehead atoms. The maximum Gasteiger partial charge on any atom is 0.183 e. The zero-order valence-electron chi connectivity index (χ0n) is 10.0. The number of allylic oxidation sites excluding steroid dienone is 1. The first-order valence-electron chi connectivity index (χ1n) is 5.25. The quantitative estimate of drug-likeness (QED) is 0.465. The van der Waals surface area contributed by atoms with E-state index in [9.17, 15) is 5.11 Å². The van der Waals surface area contributed by atoms with Crippen LogP contribution < -0.4 is 10.6 Å². The lowest BCUT2D eigenvalue weighted by molar-refractivity contribution is 0.0283. The Kier molecular flexibility index (Phi) is 5.11. The fourth-order valence-electron chi connectivity index (χ4n) is 1.55. The third-order valence-electron chi connectivity index (χ3n) is 2.45. The van der Waals surface area contributed by atoms with Crippen LogP contribution in [-0.4, -0.2) is 49.1 Å². The Balaban J connectivity index is 2.54. The number of hydrogen-bond acceptors (Lipinski definition) is 6. The van der Waals surface area contributed by atoms with Gasteiger partial charge in [-0.2, -0.15) is 0 Å². The van der Waals surface area contributed by atoms with Crippen LogP contribution in [0.3, 0.4) is 0 Å². The van der Waals surface area contributed by atoms with Gasteiger partial charge in [-0.15, -0.1) is 0 Å². The lowest BCUT2D eigenvalue weighted by Crippen LogP contribution is -2.40. The average Bonchev–Trinajstić information content (AvgIpc) is 2.65. The Bertz CT molecular complexity index is 282. The van der Waals surface area contributed by atoms with Gasteiger partial charge in [0.25, 0.3) is 0 Å². The summed E-state index contributed by atoms with van der Waals surface area (Å²) in [5.41, 5.74) is 1.09. The molecule has 1 aliphatic heterocycles. The predicted molar refractivity (Wildman–Crippen MR) is 69.1 cm³/mol. The van der Waals surface area contributed by atoms with Crippen LogP contribution in [-0.2, 0) is 0 Å². The molecule has 1 rings (SSSR count). The summed E-state index contributed by atoms with van der Waals surface area (Å²) >= 11 is 1.72. The van der Waals surface area contributed by atoms with Crippen molar-refractivity contribution in [3.8, 4) is 0 Å². The molecule has 0 aromatic rings. The summed E-state index contributed by atoms with van der Waals surface area (Å²) in [5.74, 6) is 0. The number of thioether (sulfide) groups is 1. The molecule has 0 fully saturated rings. The zero-order chi connectivity index (χ0) is 12.1. The molecule has 2 unspecified atom stereocenters. The second-order valence-electron chi connectivity index (χ2n) is 3.69. The molecule has 0 aromatic heterocycles. The van der Waals surface area contributed by atoms with Gasteiger partial charge in [0.2, 0.25) is 0 Å². The van der Waals surface area contributed by atoms with Gasteiger partial charge in [0.1, 0.15) is 0 Å². The van der Waals surface area contributed by atoms with E-state index in [-0.39, 0.29) is 0 Å². The van der Waals surface area contributed by atoms with Gasteiger partial charge in [-0.25, -0.2) is 0 Å². The first kappa shape index (κ1) is 13.3. The molecular weight excluding hydrogens is 224 g/mol. The van der Waals surface area contributed by atoms with Crippen molar-refractivity contribution in [3.05, 3.63) is 10.7 Å². The highest BCUT2D eigenvalue weighted by atomic mass is 32.2. The van der Waals surface area contributed by atoms with Crippen molar-refractivity contribution in [3.63, 3.8) is 0 Å². The summed E-state index contributed by atoms with van der Waals surface area (Å²) in [4.78, 5) is 5.66. The zero-order valence-corrected chi connectivity index (χ0v) is 10.8. The van der Waals surface area contributed by atoms with Crippen LogP contribution in [0.15, 0.2) is 15.7 Å². The fourth-order valence-corrected chi connectivity index (χ4v) is 2.78. The van der Waals surface area contributed by atoms with E-state index in [1.54, 1.807) is 18.8 Å². The Morgan fingerprint density at radius 2 is 2.44 bits per heavy atom. The first-order chi connectivity index (χ1) is 7.60. The van der Waals surface area contributed by atoms with Gasteiger partial charge in [0, 0.05) is 19.3 Å². The van der Waals surface area contributed by atoms with Crippen molar-refractivity contribution in [2.75, 3.05) is 20.6 Å². The van der Waals surface area contributed by atoms with Gasteiger partial charge < -0.3 is 20.3 Å². The molecular formula is C10H20N4OS. The molecule has 0 saturated heterocycles. The van der Waals surface area contributed by atoms with Crippen molar-refractivity contribution in [1.82, 2.24) is 15.5 Å². The van der Waals surface area contributed by atoms with Gasteiger partial charge in [-0.05, 0) is 27.1 Å². The van der Waals surface area contributed by atoms with Crippen molar-refractivity contribution in [2.24, 2.45) is 4.99 Å². The molecule has 3 N–H and O–H groups in total. The SMILES string of the molecule is C=NCCC1NC(C)=C(N(C)C(O)NC)S1. The molecule has 1 aliphatic rings. The first-order valence-corrected chi connectivity index (χ1v) is 6.12. The minimum Gasteiger partial charge on any atom is -0.374 e. The number of aliphatic imine (C=N–C) groups is 1. The van der Waals surface area contributed by atoms with E-state index in [4.69, 9.17) is 0 Å². The maximum absolute atomic E-state index is 9.68. The highest BCUT2D eigenvalue weighted by Crippen LogP contribution is 2.33. The van der Waals surface area contributed by atoms with Crippen LogP contribution in [0, 0.1) is 0 Å². The Morgan fingerprint density at radius 3 is 3.00 bits per heavy atom. The largest absolute Gasteiger partial charge is 0.374 e. The van der Waals surface area contributed by atoms with E-state index in [0.717, 1.165) is 23.7 Å². The third kappa shape index (κ3) is 3.13. The molecule has 0 amide bonds. The molecule has 0 aliphatic carbocycles. The van der Waals surface area contributed by atoms with Gasteiger partial charge in [0.05, 0.1) is 10.4 Å². The molecule has 0 saturated carbocycles. The summed E-state index contributed by atoms with van der Waals surface area (Å²) in [6, 6.07) is 0. The summed E-state index contributed by atoms with van der Waals surface area (Å²) in [6.07, 6.45) is 0.286. The maximum atomic E-state index is 9.68. The van der Waals surface area contributed by atoms with Crippen molar-refractivity contribution in [1.29, 1.82) is 0 Å². The Morgan fingerprint density at radius 1 is 1.75 bits per heavy atom. The lowest BCUT2D eigenvalue weighted by atomic mass is 10.4. The highest BCUT2D eigenvalue weighted by molar-refractivity contribution is 8.03. The minimum atomic E-state index is -0.657. The molecule has 6 heteroatoms. The normalized spacial score (nSPS) is 21.9. The van der Waals surface area contributed by atoms with Crippen LogP contribution in [0.4, 0.5) is 0 Å². The van der Waals surface area contributed by atoms with Gasteiger partial charge in [-0.1, -0.05) is 11.8 Å². The molecule has 0 spiro atoms. The van der Waals surface area contributed by atoms with E-state index in [1.807, 2.05) is 18.9 Å². The summed E-state index contributed by atoms with van der Waals surface area (Å²) in [5, 5.41) is 17.2. The van der Waals surface area contributed by atoms with Crippen molar-refractivity contribution < 1.29 is 5.11 Å². The second kappa shape index (κ2) is 6.12. The Hall–Kier alpha value is -0.720. The average molecular weight is 244 g/mol. The fraction of sp³-hybridized carbons (Fsp3) is 0.700. The standard InChI is InChI=1S/C10H20N4OS/c1-7-9(14(4)10(15)12-3)16-8(13-7)5-6-11-2/h8,10,12-13,15H,2,5-6H2,1,3-4H3. The third-order valence-corrected chi connectivity index (χ3v) is 3.90. The minimum absolute atomic E-state index is 0.326. The van der Waals surface area contributed by atoms with Crippen LogP contribution in [0.5, 0.6) is 0 Å². The van der Waals surface area contributed by atoms with E-state index in [2.05, 4.69) is 22.3 Å². The lowest BCUT2D eigenvalue weighted by Gasteiger charge is -2.25. The number of rotatable bonds is 6. The highest BCUT2D eigenvalue weighted by Gasteiger charge is 2.26. The van der Waals surface area contributed by atoms with Crippen molar-refractivity contribution in [2.45, 2.75) is 25.1 Å². The number of aliphatic hydroxyl groups is 1. The number of nitrogens with one attached hydrogen (secondary N) is 2. The van der Waals surface area contributed by atoms with Gasteiger partial charge in [0.15, 0.2) is 6.35 Å². The summed E-state index contributed by atoms with van der Waals surface area (Å²) in [7, 11) is 3.59.